The van der Waals surface area contributed by atoms with Gasteiger partial charge in [-0.25, -0.2) is 33.2 Å². The van der Waals surface area contributed by atoms with Crippen molar-refractivity contribution in [2.75, 3.05) is 25.5 Å². The van der Waals surface area contributed by atoms with Gasteiger partial charge in [-0.1, -0.05) is 0 Å². The molecule has 2 aromatic carbocycles. The van der Waals surface area contributed by atoms with Crippen LogP contribution in [-0.2, 0) is 0 Å². The van der Waals surface area contributed by atoms with Gasteiger partial charge in [0.15, 0.2) is 23.3 Å². The molecule has 1 saturated heterocycles. The fraction of sp³-hybridized carbons (Fsp3) is 0.296. The molecule has 1 aliphatic rings. The predicted octanol–water partition coefficient (Wildman–Crippen LogP) is 5.23. The smallest absolute Gasteiger partial charge is 0.387 e. The van der Waals surface area contributed by atoms with Crippen LogP contribution in [0.15, 0.2) is 55.4 Å². The average Bonchev–Trinajstić information content (AvgIpc) is 3.40. The van der Waals surface area contributed by atoms with E-state index < -0.39 is 30.9 Å². The molecule has 4 heterocycles. The van der Waals surface area contributed by atoms with Crippen molar-refractivity contribution in [3.8, 4) is 23.1 Å². The van der Waals surface area contributed by atoms with E-state index in [4.69, 9.17) is 9.47 Å². The Morgan fingerprint density at radius 3 is 2.64 bits per heavy atom. The van der Waals surface area contributed by atoms with Crippen LogP contribution in [0.1, 0.15) is 12.0 Å². The number of nitrogens with zero attached hydrogens (tertiary/aromatic N) is 7. The van der Waals surface area contributed by atoms with Crippen LogP contribution < -0.4 is 19.5 Å². The van der Waals surface area contributed by atoms with E-state index in [9.17, 15) is 17.6 Å². The molecule has 11 nitrogen and oxygen atoms in total. The van der Waals surface area contributed by atoms with Crippen LogP contribution in [0.4, 0.5) is 29.1 Å². The lowest BCUT2D eigenvalue weighted by Crippen LogP contribution is -2.52. The molecule has 1 fully saturated rings. The molecule has 0 saturated carbocycles. The molecular weight excluding hydrogens is 560 g/mol. The first-order valence-electron chi connectivity index (χ1n) is 12.8. The van der Waals surface area contributed by atoms with Crippen LogP contribution >= 0.6 is 0 Å². The third-order valence-corrected chi connectivity index (χ3v) is 6.72. The van der Waals surface area contributed by atoms with Crippen molar-refractivity contribution >= 4 is 28.1 Å². The molecule has 6 rings (SSSR count). The lowest BCUT2D eigenvalue weighted by atomic mass is 10.0. The first-order valence-corrected chi connectivity index (χ1v) is 12.8. The summed E-state index contributed by atoms with van der Waals surface area (Å²) in [4.78, 5) is 18.3. The number of ether oxygens (including phenoxy) is 3. The average molecular weight is 585 g/mol. The van der Waals surface area contributed by atoms with Crippen molar-refractivity contribution in [3.63, 3.8) is 0 Å². The number of alkyl halides is 4. The van der Waals surface area contributed by atoms with E-state index in [-0.39, 0.29) is 28.9 Å². The minimum Gasteiger partial charge on any atom is -0.479 e. The maximum Gasteiger partial charge on any atom is 0.387 e. The highest BCUT2D eigenvalue weighted by molar-refractivity contribution is 5.97. The Hall–Kier alpha value is -4.79. The summed E-state index contributed by atoms with van der Waals surface area (Å²) in [6.07, 6.45) is 2.56. The highest BCUT2D eigenvalue weighted by Crippen LogP contribution is 2.43. The summed E-state index contributed by atoms with van der Waals surface area (Å²) in [5, 5.41) is 7.24. The second kappa shape index (κ2) is 10.9. The van der Waals surface area contributed by atoms with E-state index >= 15 is 0 Å². The summed E-state index contributed by atoms with van der Waals surface area (Å²) < 4.78 is 74.4. The van der Waals surface area contributed by atoms with Gasteiger partial charge < -0.3 is 24.4 Å². The maximum absolute atomic E-state index is 14.9. The summed E-state index contributed by atoms with van der Waals surface area (Å²) in [5.41, 5.74) is 2.13. The first-order chi connectivity index (χ1) is 20.2. The van der Waals surface area contributed by atoms with Crippen LogP contribution in [-0.4, -0.2) is 73.2 Å². The number of aromatic nitrogens is 6. The molecule has 0 bridgehead atoms. The van der Waals surface area contributed by atoms with Crippen molar-refractivity contribution < 1.29 is 31.8 Å². The second-order valence-corrected chi connectivity index (χ2v) is 9.78. The van der Waals surface area contributed by atoms with Crippen LogP contribution in [0.3, 0.4) is 0 Å². The molecule has 42 heavy (non-hydrogen) atoms. The zero-order chi connectivity index (χ0) is 29.4. The van der Waals surface area contributed by atoms with Crippen LogP contribution in [0.25, 0.3) is 16.6 Å². The molecule has 0 spiro atoms. The summed E-state index contributed by atoms with van der Waals surface area (Å²) in [6.45, 7) is -1.59. The van der Waals surface area contributed by atoms with Crippen molar-refractivity contribution in [1.82, 2.24) is 34.4 Å². The zero-order valence-corrected chi connectivity index (χ0v) is 22.3. The second-order valence-electron chi connectivity index (χ2n) is 9.78. The van der Waals surface area contributed by atoms with Gasteiger partial charge in [0.1, 0.15) is 30.5 Å². The van der Waals surface area contributed by atoms with Gasteiger partial charge in [-0.05, 0) is 49.9 Å². The Bertz CT molecular complexity index is 1750. The largest absolute Gasteiger partial charge is 0.479 e. The number of hydrogen-bond donors (Lipinski definition) is 1. The number of halogens is 4. The minimum atomic E-state index is -3.24. The predicted molar refractivity (Wildman–Crippen MR) is 143 cm³/mol. The SMILES string of the molecule is Cc1cc(Nc2ncnc3ccc(OC(F)F)c(O[C@@H]4CCN(C)CC4(F)F)c23)ccc1Oc1cc2ncnn2cn1. The molecule has 1 aliphatic heterocycles. The van der Waals surface area contributed by atoms with Crippen molar-refractivity contribution in [2.45, 2.75) is 32.0 Å². The van der Waals surface area contributed by atoms with Gasteiger partial charge in [0.2, 0.25) is 5.88 Å². The number of aryl methyl sites for hydroxylation is 1. The molecule has 0 radical (unpaired) electrons. The van der Waals surface area contributed by atoms with E-state index in [2.05, 4.69) is 35.1 Å². The zero-order valence-electron chi connectivity index (χ0n) is 22.3. The monoisotopic (exact) mass is 584 g/mol. The molecule has 1 N–H and O–H groups in total. The lowest BCUT2D eigenvalue weighted by Gasteiger charge is -2.36. The molecule has 3 aromatic heterocycles. The fourth-order valence-electron chi connectivity index (χ4n) is 4.74. The van der Waals surface area contributed by atoms with Gasteiger partial charge in [-0.3, -0.25) is 0 Å². The van der Waals surface area contributed by atoms with E-state index in [1.54, 1.807) is 31.3 Å². The number of rotatable bonds is 8. The highest BCUT2D eigenvalue weighted by Gasteiger charge is 2.46. The molecular formula is C27H24F4N8O3. The molecule has 0 amide bonds. The normalized spacial score (nSPS) is 17.1. The molecule has 0 unspecified atom stereocenters. The van der Waals surface area contributed by atoms with Gasteiger partial charge in [0.05, 0.1) is 17.4 Å². The van der Waals surface area contributed by atoms with Crippen molar-refractivity contribution in [1.29, 1.82) is 0 Å². The molecule has 218 valence electrons. The van der Waals surface area contributed by atoms with Crippen LogP contribution in [0.5, 0.6) is 23.1 Å². The number of piperidine rings is 1. The molecule has 15 heteroatoms. The Kier molecular flexibility index (Phi) is 7.10. The Morgan fingerprint density at radius 2 is 1.86 bits per heavy atom. The molecule has 5 aromatic rings. The van der Waals surface area contributed by atoms with E-state index in [0.717, 1.165) is 5.56 Å². The lowest BCUT2D eigenvalue weighted by molar-refractivity contribution is -0.136. The van der Waals surface area contributed by atoms with Crippen LogP contribution in [0, 0.1) is 6.92 Å². The summed E-state index contributed by atoms with van der Waals surface area (Å²) in [7, 11) is 1.58. The minimum absolute atomic E-state index is 0.0238. The number of fused-ring (bicyclic) bond motifs is 2. The van der Waals surface area contributed by atoms with Crippen LogP contribution in [0.2, 0.25) is 0 Å². The molecule has 1 atom stereocenters. The van der Waals surface area contributed by atoms with Gasteiger partial charge in [0.25, 0.3) is 5.92 Å². The summed E-state index contributed by atoms with van der Waals surface area (Å²) >= 11 is 0. The standard InChI is InChI=1S/C27H24F4N8O3/c1-15-9-16(3-5-18(15)40-22-10-21-33-13-36-39(21)14-35-22)37-25-23-17(32-12-34-25)4-6-19(41-26(28)29)24(23)42-20-7-8-38(2)11-27(20,30)31/h3-6,9-10,12-14,20,26H,7-8,11H2,1-2H3,(H,32,34,37)/t20-/m1/s1. The fourth-order valence-corrected chi connectivity index (χ4v) is 4.74. The van der Waals surface area contributed by atoms with E-state index in [1.807, 2.05) is 6.92 Å². The summed E-state index contributed by atoms with van der Waals surface area (Å²) in [5.74, 6) is -2.94. The van der Waals surface area contributed by atoms with Crippen molar-refractivity contribution in [3.05, 3.63) is 60.9 Å². The van der Waals surface area contributed by atoms with Gasteiger partial charge in [-0.15, -0.1) is 0 Å². The quantitative estimate of drug-likeness (QED) is 0.243. The third kappa shape index (κ3) is 5.54. The van der Waals surface area contributed by atoms with E-state index in [0.29, 0.717) is 29.5 Å². The topological polar surface area (TPSA) is 112 Å². The third-order valence-electron chi connectivity index (χ3n) is 6.72. The summed E-state index contributed by atoms with van der Waals surface area (Å²) in [6, 6.07) is 9.47. The first kappa shape index (κ1) is 27.4. The number of hydrogen-bond acceptors (Lipinski definition) is 10. The Balaban J connectivity index is 1.33. The highest BCUT2D eigenvalue weighted by atomic mass is 19.3. The molecule has 0 aliphatic carbocycles. The van der Waals surface area contributed by atoms with Gasteiger partial charge in [0, 0.05) is 24.7 Å². The number of nitrogens with one attached hydrogen (secondary N) is 1. The Morgan fingerprint density at radius 1 is 1.02 bits per heavy atom. The van der Waals surface area contributed by atoms with E-state index in [1.165, 1.54) is 40.5 Å². The van der Waals surface area contributed by atoms with Crippen molar-refractivity contribution in [2.24, 2.45) is 0 Å². The Labute approximate surface area is 236 Å². The van der Waals surface area contributed by atoms with Gasteiger partial charge in [-0.2, -0.15) is 13.9 Å². The number of anilines is 2. The maximum atomic E-state index is 14.9. The number of likely N-dealkylation sites (tertiary alicyclic amines) is 1. The van der Waals surface area contributed by atoms with Gasteiger partial charge >= 0.3 is 6.61 Å². The number of benzene rings is 2.